The fourth-order valence-electron chi connectivity index (χ4n) is 3.10. The van der Waals surface area contributed by atoms with Gasteiger partial charge in [0.25, 0.3) is 11.8 Å². The van der Waals surface area contributed by atoms with Crippen LogP contribution in [0.25, 0.3) is 0 Å². The molecule has 1 fully saturated rings. The molecular formula is C16H21N3O3. The summed E-state index contributed by atoms with van der Waals surface area (Å²) >= 11 is 0. The zero-order valence-electron chi connectivity index (χ0n) is 12.7. The number of nitrogens with one attached hydrogen (secondary N) is 1. The van der Waals surface area contributed by atoms with E-state index in [0.717, 1.165) is 24.2 Å². The first-order valence-electron chi connectivity index (χ1n) is 7.65. The number of aliphatic hydroxyl groups is 1. The van der Waals surface area contributed by atoms with Gasteiger partial charge in [-0.15, -0.1) is 0 Å². The summed E-state index contributed by atoms with van der Waals surface area (Å²) in [6.45, 7) is 4.99. The first kappa shape index (κ1) is 15.0. The van der Waals surface area contributed by atoms with Crippen LogP contribution in [0.4, 0.5) is 0 Å². The number of carbonyl (C=O) groups excluding carboxylic acids is 2. The predicted octanol–water partition coefficient (Wildman–Crippen LogP) is -0.0450. The zero-order valence-corrected chi connectivity index (χ0v) is 12.7. The fraction of sp³-hybridized carbons (Fsp3) is 0.500. The lowest BCUT2D eigenvalue weighted by Gasteiger charge is -2.35. The molecule has 2 N–H and O–H groups in total. The number of hydrogen-bond acceptors (Lipinski definition) is 4. The zero-order chi connectivity index (χ0) is 15.7. The smallest absolute Gasteiger partial charge is 0.254 e. The largest absolute Gasteiger partial charge is 0.384 e. The Hall–Kier alpha value is -1.92. The van der Waals surface area contributed by atoms with Crippen LogP contribution in [-0.2, 0) is 17.9 Å². The van der Waals surface area contributed by atoms with Crippen LogP contribution in [0.3, 0.4) is 0 Å². The van der Waals surface area contributed by atoms with Gasteiger partial charge >= 0.3 is 0 Å². The summed E-state index contributed by atoms with van der Waals surface area (Å²) in [6, 6.07) is 5.85. The van der Waals surface area contributed by atoms with Crippen molar-refractivity contribution in [1.82, 2.24) is 15.1 Å². The van der Waals surface area contributed by atoms with Crippen molar-refractivity contribution < 1.29 is 14.7 Å². The lowest BCUT2D eigenvalue weighted by molar-refractivity contribution is -0.140. The van der Waals surface area contributed by atoms with Crippen LogP contribution >= 0.6 is 0 Å². The second kappa shape index (κ2) is 6.06. The van der Waals surface area contributed by atoms with Gasteiger partial charge in [0.15, 0.2) is 0 Å². The minimum Gasteiger partial charge on any atom is -0.384 e. The van der Waals surface area contributed by atoms with E-state index in [-0.39, 0.29) is 11.8 Å². The number of piperazine rings is 1. The number of hydrogen-bond donors (Lipinski definition) is 2. The van der Waals surface area contributed by atoms with Crippen molar-refractivity contribution in [2.75, 3.05) is 26.2 Å². The molecular weight excluding hydrogens is 282 g/mol. The molecule has 3 rings (SSSR count). The molecule has 0 bridgehead atoms. The average molecular weight is 303 g/mol. The minimum atomic E-state index is -0.981. The predicted molar refractivity (Wildman–Crippen MR) is 81.2 cm³/mol. The molecule has 0 aromatic heterocycles. The van der Waals surface area contributed by atoms with Crippen LogP contribution in [0.1, 0.15) is 28.4 Å². The average Bonchev–Trinajstić information content (AvgIpc) is 3.02. The molecule has 0 spiro atoms. The van der Waals surface area contributed by atoms with Crippen LogP contribution in [0, 0.1) is 0 Å². The molecule has 1 unspecified atom stereocenters. The monoisotopic (exact) mass is 303 g/mol. The van der Waals surface area contributed by atoms with Gasteiger partial charge in [-0.3, -0.25) is 9.59 Å². The SMILES string of the molecule is CC(O)C(=O)N1CCN(C(=O)c2cccc3c2CNC3)CC1. The number of benzene rings is 1. The third-order valence-corrected chi connectivity index (χ3v) is 4.36. The third kappa shape index (κ3) is 2.71. The topological polar surface area (TPSA) is 72.9 Å². The molecule has 0 saturated carbocycles. The number of fused-ring (bicyclic) bond motifs is 1. The van der Waals surface area contributed by atoms with E-state index in [4.69, 9.17) is 0 Å². The number of amides is 2. The molecule has 6 nitrogen and oxygen atoms in total. The lowest BCUT2D eigenvalue weighted by Crippen LogP contribution is -2.52. The lowest BCUT2D eigenvalue weighted by atomic mass is 10.0. The van der Waals surface area contributed by atoms with E-state index < -0.39 is 6.10 Å². The number of nitrogens with zero attached hydrogens (tertiary/aromatic N) is 2. The summed E-state index contributed by atoms with van der Waals surface area (Å²) in [5.74, 6) is -0.235. The maximum Gasteiger partial charge on any atom is 0.254 e. The summed E-state index contributed by atoms with van der Waals surface area (Å²) in [5.41, 5.74) is 3.04. The van der Waals surface area contributed by atoms with Crippen LogP contribution in [-0.4, -0.2) is 59.0 Å². The molecule has 118 valence electrons. The number of rotatable bonds is 2. The van der Waals surface area contributed by atoms with Crippen LogP contribution in [0.15, 0.2) is 18.2 Å². The minimum absolute atomic E-state index is 0.0321. The summed E-state index contributed by atoms with van der Waals surface area (Å²) in [7, 11) is 0. The van der Waals surface area contributed by atoms with E-state index >= 15 is 0 Å². The molecule has 2 amide bonds. The van der Waals surface area contributed by atoms with Crippen molar-refractivity contribution >= 4 is 11.8 Å². The molecule has 0 aliphatic carbocycles. The van der Waals surface area contributed by atoms with E-state index in [9.17, 15) is 14.7 Å². The van der Waals surface area contributed by atoms with Crippen LogP contribution < -0.4 is 5.32 Å². The Kier molecular flexibility index (Phi) is 4.13. The number of carbonyl (C=O) groups is 2. The second-order valence-corrected chi connectivity index (χ2v) is 5.84. The Morgan fingerprint density at radius 3 is 2.50 bits per heavy atom. The Bertz CT molecular complexity index is 592. The van der Waals surface area contributed by atoms with Crippen molar-refractivity contribution in [2.45, 2.75) is 26.1 Å². The van der Waals surface area contributed by atoms with E-state index in [0.29, 0.717) is 26.2 Å². The molecule has 2 aliphatic heterocycles. The summed E-state index contributed by atoms with van der Waals surface area (Å²) in [5, 5.41) is 12.6. The fourth-order valence-corrected chi connectivity index (χ4v) is 3.10. The Balaban J connectivity index is 1.68. The van der Waals surface area contributed by atoms with Gasteiger partial charge in [-0.25, -0.2) is 0 Å². The second-order valence-electron chi connectivity index (χ2n) is 5.84. The molecule has 1 aromatic carbocycles. The highest BCUT2D eigenvalue weighted by Crippen LogP contribution is 2.21. The number of aliphatic hydroxyl groups excluding tert-OH is 1. The molecule has 22 heavy (non-hydrogen) atoms. The molecule has 2 heterocycles. The molecule has 1 saturated heterocycles. The van der Waals surface area contributed by atoms with Crippen molar-refractivity contribution in [1.29, 1.82) is 0 Å². The van der Waals surface area contributed by atoms with E-state index in [1.807, 2.05) is 18.2 Å². The highest BCUT2D eigenvalue weighted by Gasteiger charge is 2.28. The van der Waals surface area contributed by atoms with Crippen LogP contribution in [0.5, 0.6) is 0 Å². The van der Waals surface area contributed by atoms with E-state index in [2.05, 4.69) is 5.32 Å². The Morgan fingerprint density at radius 2 is 1.82 bits per heavy atom. The van der Waals surface area contributed by atoms with Crippen molar-refractivity contribution in [3.63, 3.8) is 0 Å². The first-order valence-corrected chi connectivity index (χ1v) is 7.65. The normalized spacial score (nSPS) is 19.0. The van der Waals surface area contributed by atoms with E-state index in [1.165, 1.54) is 12.5 Å². The molecule has 2 aliphatic rings. The maximum absolute atomic E-state index is 12.7. The van der Waals surface area contributed by atoms with Gasteiger partial charge in [0, 0.05) is 44.8 Å². The summed E-state index contributed by atoms with van der Waals surface area (Å²) < 4.78 is 0. The highest BCUT2D eigenvalue weighted by atomic mass is 16.3. The van der Waals surface area contributed by atoms with Crippen molar-refractivity contribution in [3.05, 3.63) is 34.9 Å². The third-order valence-electron chi connectivity index (χ3n) is 4.36. The van der Waals surface area contributed by atoms with Crippen molar-refractivity contribution in [2.24, 2.45) is 0 Å². The quantitative estimate of drug-likeness (QED) is 0.804. The van der Waals surface area contributed by atoms with Gasteiger partial charge in [0.05, 0.1) is 0 Å². The summed E-state index contributed by atoms with van der Waals surface area (Å²) in [4.78, 5) is 27.9. The van der Waals surface area contributed by atoms with Gasteiger partial charge in [0.1, 0.15) is 6.10 Å². The van der Waals surface area contributed by atoms with Crippen molar-refractivity contribution in [3.8, 4) is 0 Å². The highest BCUT2D eigenvalue weighted by molar-refractivity contribution is 5.96. The van der Waals surface area contributed by atoms with E-state index in [1.54, 1.807) is 9.80 Å². The van der Waals surface area contributed by atoms with Gasteiger partial charge in [-0.1, -0.05) is 12.1 Å². The first-order chi connectivity index (χ1) is 10.6. The van der Waals surface area contributed by atoms with Gasteiger partial charge in [-0.05, 0) is 24.1 Å². The van der Waals surface area contributed by atoms with Crippen LogP contribution in [0.2, 0.25) is 0 Å². The Labute approximate surface area is 129 Å². The summed E-state index contributed by atoms with van der Waals surface area (Å²) in [6.07, 6.45) is -0.981. The van der Waals surface area contributed by atoms with Gasteiger partial charge < -0.3 is 20.2 Å². The van der Waals surface area contributed by atoms with Gasteiger partial charge in [0.2, 0.25) is 0 Å². The van der Waals surface area contributed by atoms with Gasteiger partial charge in [-0.2, -0.15) is 0 Å². The molecule has 6 heteroatoms. The molecule has 1 aromatic rings. The standard InChI is InChI=1S/C16H21N3O3/c1-11(20)15(21)18-5-7-19(8-6-18)16(22)13-4-2-3-12-9-17-10-14(12)13/h2-4,11,17,20H,5-10H2,1H3. The Morgan fingerprint density at radius 1 is 1.14 bits per heavy atom. The molecule has 0 radical (unpaired) electrons. The molecule has 1 atom stereocenters. The maximum atomic E-state index is 12.7.